The van der Waals surface area contributed by atoms with E-state index >= 15 is 0 Å². The average Bonchev–Trinajstić information content (AvgIpc) is 3.40. The Kier molecular flexibility index (Phi) is 4.60. The Hall–Kier alpha value is -2.36. The Morgan fingerprint density at radius 1 is 1.21 bits per heavy atom. The van der Waals surface area contributed by atoms with E-state index in [1.165, 1.54) is 5.56 Å². The summed E-state index contributed by atoms with van der Waals surface area (Å²) in [5.41, 5.74) is 1.18. The lowest BCUT2D eigenvalue weighted by Gasteiger charge is -2.26. The fourth-order valence-corrected chi connectivity index (χ4v) is 4.65. The van der Waals surface area contributed by atoms with E-state index in [4.69, 9.17) is 21.7 Å². The van der Waals surface area contributed by atoms with Gasteiger partial charge in [0.05, 0.1) is 19.2 Å². The minimum atomic E-state index is -0.745. The number of aromatic nitrogens is 3. The molecule has 2 aromatic rings. The molecule has 152 valence electrons. The third-order valence-electron chi connectivity index (χ3n) is 6.04. The number of carbonyl (C=O) groups excluding carboxylic acids is 2. The lowest BCUT2D eigenvalue weighted by atomic mass is 9.99. The highest BCUT2D eigenvalue weighted by molar-refractivity contribution is 7.71. The third kappa shape index (κ3) is 3.23. The lowest BCUT2D eigenvalue weighted by Crippen LogP contribution is -2.37. The summed E-state index contributed by atoms with van der Waals surface area (Å²) in [5, 5.41) is 4.67. The number of likely N-dealkylation sites (tertiary alicyclic amines) is 1. The number of nitrogens with zero attached hydrogens (tertiary/aromatic N) is 4. The van der Waals surface area contributed by atoms with Crippen LogP contribution in [0.25, 0.3) is 0 Å². The van der Waals surface area contributed by atoms with Crippen molar-refractivity contribution in [3.05, 3.63) is 46.5 Å². The number of hydrogen-bond donors (Lipinski definition) is 0. The van der Waals surface area contributed by atoms with E-state index in [1.54, 1.807) is 4.68 Å². The zero-order valence-corrected chi connectivity index (χ0v) is 16.9. The minimum Gasteiger partial charge on any atom is -0.343 e. The van der Waals surface area contributed by atoms with Gasteiger partial charge in [0.25, 0.3) is 0 Å². The van der Waals surface area contributed by atoms with Crippen molar-refractivity contribution in [2.45, 2.75) is 43.7 Å². The Labute approximate surface area is 173 Å². The van der Waals surface area contributed by atoms with Crippen molar-refractivity contribution >= 4 is 23.9 Å². The van der Waals surface area contributed by atoms with E-state index in [0.717, 1.165) is 0 Å². The molecule has 1 aromatic carbocycles. The van der Waals surface area contributed by atoms with E-state index in [2.05, 4.69) is 17.2 Å². The number of ether oxygens (including phenoxy) is 2. The van der Waals surface area contributed by atoms with Crippen LogP contribution in [-0.2, 0) is 32.7 Å². The molecule has 0 aliphatic carbocycles. The molecule has 29 heavy (non-hydrogen) atoms. The number of benzene rings is 1. The monoisotopic (exact) mass is 414 g/mol. The topological polar surface area (TPSA) is 78.6 Å². The number of Topliss-reactive ketones (excluding diaryl/α,β-unsaturated/α-hetero) is 1. The molecule has 0 spiro atoms. The summed E-state index contributed by atoms with van der Waals surface area (Å²) in [7, 11) is 1.84. The van der Waals surface area contributed by atoms with Crippen LogP contribution < -0.4 is 0 Å². The maximum atomic E-state index is 12.6. The second-order valence-electron chi connectivity index (χ2n) is 7.87. The molecule has 3 saturated heterocycles. The van der Waals surface area contributed by atoms with Crippen LogP contribution >= 0.6 is 12.2 Å². The molecule has 5 rings (SSSR count). The van der Waals surface area contributed by atoms with Crippen LogP contribution in [0, 0.1) is 4.77 Å². The Balaban J connectivity index is 1.36. The summed E-state index contributed by atoms with van der Waals surface area (Å²) in [4.78, 5) is 26.6. The summed E-state index contributed by atoms with van der Waals surface area (Å²) < 4.78 is 15.0. The first-order chi connectivity index (χ1) is 14.0. The first-order valence-corrected chi connectivity index (χ1v) is 10.2. The molecule has 4 heterocycles. The Morgan fingerprint density at radius 3 is 2.79 bits per heavy atom. The molecule has 4 atom stereocenters. The number of amides is 1. The van der Waals surface area contributed by atoms with Crippen LogP contribution in [0.2, 0.25) is 0 Å². The van der Waals surface area contributed by atoms with Gasteiger partial charge in [0.1, 0.15) is 6.10 Å². The minimum absolute atomic E-state index is 0.0849. The molecule has 8 nitrogen and oxygen atoms in total. The van der Waals surface area contributed by atoms with E-state index in [9.17, 15) is 9.59 Å². The molecular formula is C20H22N4O4S. The van der Waals surface area contributed by atoms with Gasteiger partial charge in [-0.05, 0) is 17.8 Å². The van der Waals surface area contributed by atoms with Crippen molar-refractivity contribution in [3.8, 4) is 0 Å². The molecule has 1 aromatic heterocycles. The van der Waals surface area contributed by atoms with Crippen molar-refractivity contribution in [1.29, 1.82) is 0 Å². The van der Waals surface area contributed by atoms with Crippen LogP contribution in [0.15, 0.2) is 30.3 Å². The fraction of sp³-hybridized carbons (Fsp3) is 0.500. The molecular weight excluding hydrogens is 392 g/mol. The summed E-state index contributed by atoms with van der Waals surface area (Å²) in [5.74, 6) is 0.919. The molecule has 0 saturated carbocycles. The van der Waals surface area contributed by atoms with E-state index < -0.39 is 6.29 Å². The number of ketones is 1. The third-order valence-corrected chi connectivity index (χ3v) is 6.50. The van der Waals surface area contributed by atoms with Crippen molar-refractivity contribution < 1.29 is 19.1 Å². The van der Waals surface area contributed by atoms with Crippen LogP contribution in [0.5, 0.6) is 0 Å². The van der Waals surface area contributed by atoms with Crippen LogP contribution in [0.4, 0.5) is 0 Å². The predicted molar refractivity (Wildman–Crippen MR) is 105 cm³/mol. The highest BCUT2D eigenvalue weighted by Gasteiger charge is 2.45. The first kappa shape index (κ1) is 18.7. The van der Waals surface area contributed by atoms with E-state index in [1.807, 2.05) is 34.7 Å². The maximum absolute atomic E-state index is 12.6. The molecule has 0 radical (unpaired) electrons. The second-order valence-corrected chi connectivity index (χ2v) is 8.23. The number of rotatable bonds is 4. The number of carbonyl (C=O) groups is 2. The molecule has 4 unspecified atom stereocenters. The molecule has 9 heteroatoms. The van der Waals surface area contributed by atoms with Gasteiger partial charge in [-0.25, -0.2) is 4.68 Å². The zero-order valence-electron chi connectivity index (χ0n) is 16.1. The van der Waals surface area contributed by atoms with Crippen molar-refractivity contribution in [1.82, 2.24) is 19.2 Å². The highest BCUT2D eigenvalue weighted by atomic mass is 32.1. The van der Waals surface area contributed by atoms with Gasteiger partial charge in [-0.2, -0.15) is 5.10 Å². The summed E-state index contributed by atoms with van der Waals surface area (Å²) in [6, 6.07) is 9.83. The van der Waals surface area contributed by atoms with Gasteiger partial charge >= 0.3 is 0 Å². The summed E-state index contributed by atoms with van der Waals surface area (Å²) in [6.07, 6.45) is -0.187. The van der Waals surface area contributed by atoms with Crippen molar-refractivity contribution in [2.75, 3.05) is 13.2 Å². The Bertz CT molecular complexity index is 1020. The highest BCUT2D eigenvalue weighted by Crippen LogP contribution is 2.33. The SMILES string of the molecule is Cn1c(CN2CC(c3ccccc3)CC2=O)nn(C2CC(=O)C3OCC2O3)c1=S. The smallest absolute Gasteiger partial charge is 0.223 e. The quantitative estimate of drug-likeness (QED) is 0.709. The van der Waals surface area contributed by atoms with Crippen LogP contribution in [-0.4, -0.2) is 56.5 Å². The molecule has 1 amide bonds. The predicted octanol–water partition coefficient (Wildman–Crippen LogP) is 1.72. The van der Waals surface area contributed by atoms with Crippen molar-refractivity contribution in [3.63, 3.8) is 0 Å². The largest absolute Gasteiger partial charge is 0.343 e. The molecule has 3 aliphatic heterocycles. The fourth-order valence-electron chi connectivity index (χ4n) is 4.36. The zero-order chi connectivity index (χ0) is 20.1. The van der Waals surface area contributed by atoms with Gasteiger partial charge in [-0.15, -0.1) is 0 Å². The van der Waals surface area contributed by atoms with Crippen LogP contribution in [0.1, 0.15) is 36.2 Å². The molecule has 2 bridgehead atoms. The normalized spacial score (nSPS) is 29.1. The van der Waals surface area contributed by atoms with E-state index in [-0.39, 0.29) is 29.8 Å². The first-order valence-electron chi connectivity index (χ1n) is 9.78. The van der Waals surface area contributed by atoms with Crippen LogP contribution in [0.3, 0.4) is 0 Å². The summed E-state index contributed by atoms with van der Waals surface area (Å²) in [6.45, 7) is 1.41. The van der Waals surface area contributed by atoms with Gasteiger partial charge in [0.15, 0.2) is 16.4 Å². The van der Waals surface area contributed by atoms with Gasteiger partial charge < -0.3 is 18.9 Å². The Morgan fingerprint density at radius 2 is 2.00 bits per heavy atom. The number of hydrogen-bond acceptors (Lipinski definition) is 6. The van der Waals surface area contributed by atoms with E-state index in [0.29, 0.717) is 43.1 Å². The average molecular weight is 414 g/mol. The van der Waals surface area contributed by atoms with Gasteiger partial charge in [-0.1, -0.05) is 30.3 Å². The molecule has 0 N–H and O–H groups in total. The maximum Gasteiger partial charge on any atom is 0.223 e. The van der Waals surface area contributed by atoms with Gasteiger partial charge in [0.2, 0.25) is 12.2 Å². The second kappa shape index (κ2) is 7.16. The van der Waals surface area contributed by atoms with Gasteiger partial charge in [0, 0.05) is 32.4 Å². The molecule has 3 fully saturated rings. The lowest BCUT2D eigenvalue weighted by molar-refractivity contribution is -0.156. The van der Waals surface area contributed by atoms with Crippen molar-refractivity contribution in [2.24, 2.45) is 7.05 Å². The van der Waals surface area contributed by atoms with Gasteiger partial charge in [-0.3, -0.25) is 9.59 Å². The number of fused-ring (bicyclic) bond motifs is 2. The standard InChI is InChI=1S/C20H22N4O4S/c1-22-17(10-23-9-13(7-18(23)26)12-5-3-2-4-6-12)21-24(20(22)29)14-8-15(25)19-27-11-16(14)28-19/h2-6,13-14,16,19H,7-11H2,1H3. The summed E-state index contributed by atoms with van der Waals surface area (Å²) >= 11 is 5.57. The molecule has 3 aliphatic rings.